The van der Waals surface area contributed by atoms with Gasteiger partial charge in [-0.25, -0.2) is 4.98 Å². The van der Waals surface area contributed by atoms with Crippen LogP contribution in [0.1, 0.15) is 19.5 Å². The molecule has 1 aliphatic heterocycles. The van der Waals surface area contributed by atoms with Gasteiger partial charge in [-0.15, -0.1) is 0 Å². The number of piperazine rings is 1. The number of aromatic nitrogens is 3. The minimum Gasteiger partial charge on any atom is -0.395 e. The van der Waals surface area contributed by atoms with E-state index in [1.54, 1.807) is 24.5 Å². The molecule has 0 saturated carbocycles. The maximum Gasteiger partial charge on any atom is 0.229 e. The number of nitrogens with zero attached hydrogens (tertiary/aromatic N) is 6. The SMILES string of the molecule is C=C/C(Nc1ccnc(Nc2ccc(N3CCN(CCO)CC3)c(Cl)c2)n1)=C(\N=C(C)C)c1ccccn1. The molecule has 3 aromatic rings. The molecule has 198 valence electrons. The zero-order valence-corrected chi connectivity index (χ0v) is 22.5. The van der Waals surface area contributed by atoms with Gasteiger partial charge >= 0.3 is 0 Å². The molecular weight excluding hydrogens is 500 g/mol. The van der Waals surface area contributed by atoms with Crippen molar-refractivity contribution in [2.75, 3.05) is 54.9 Å². The van der Waals surface area contributed by atoms with Crippen LogP contribution in [0.3, 0.4) is 0 Å². The second-order valence-corrected chi connectivity index (χ2v) is 9.38. The number of hydrogen-bond donors (Lipinski definition) is 3. The fourth-order valence-electron chi connectivity index (χ4n) is 4.14. The number of aliphatic imine (C=N–C) groups is 1. The highest BCUT2D eigenvalue weighted by atomic mass is 35.5. The lowest BCUT2D eigenvalue weighted by Crippen LogP contribution is -2.47. The summed E-state index contributed by atoms with van der Waals surface area (Å²) >= 11 is 6.66. The van der Waals surface area contributed by atoms with Crippen LogP contribution in [0.4, 0.5) is 23.1 Å². The molecule has 0 aliphatic carbocycles. The van der Waals surface area contributed by atoms with Gasteiger partial charge in [0, 0.05) is 56.5 Å². The zero-order chi connectivity index (χ0) is 26.9. The highest BCUT2D eigenvalue weighted by Gasteiger charge is 2.19. The van der Waals surface area contributed by atoms with Crippen LogP contribution in [0.5, 0.6) is 0 Å². The molecule has 0 atom stereocenters. The number of halogens is 1. The van der Waals surface area contributed by atoms with Crippen molar-refractivity contribution in [3.63, 3.8) is 0 Å². The Morgan fingerprint density at radius 2 is 1.92 bits per heavy atom. The summed E-state index contributed by atoms with van der Waals surface area (Å²) in [5.41, 5.74) is 4.76. The van der Waals surface area contributed by atoms with Gasteiger partial charge < -0.3 is 20.6 Å². The van der Waals surface area contributed by atoms with Gasteiger partial charge in [0.25, 0.3) is 0 Å². The Morgan fingerprint density at radius 1 is 1.11 bits per heavy atom. The summed E-state index contributed by atoms with van der Waals surface area (Å²) in [6, 6.07) is 13.3. The Bertz CT molecular complexity index is 1300. The fourth-order valence-corrected chi connectivity index (χ4v) is 4.44. The van der Waals surface area contributed by atoms with Crippen LogP contribution >= 0.6 is 11.6 Å². The van der Waals surface area contributed by atoms with Gasteiger partial charge in [-0.2, -0.15) is 4.98 Å². The smallest absolute Gasteiger partial charge is 0.229 e. The van der Waals surface area contributed by atoms with Gasteiger partial charge in [0.2, 0.25) is 5.95 Å². The van der Waals surface area contributed by atoms with Gasteiger partial charge in [-0.05, 0) is 56.3 Å². The summed E-state index contributed by atoms with van der Waals surface area (Å²) < 4.78 is 0. The molecule has 2 aromatic heterocycles. The minimum absolute atomic E-state index is 0.183. The van der Waals surface area contributed by atoms with E-state index in [9.17, 15) is 0 Å². The first-order chi connectivity index (χ1) is 18.5. The van der Waals surface area contributed by atoms with E-state index in [2.05, 4.69) is 47.0 Å². The van der Waals surface area contributed by atoms with E-state index in [0.29, 0.717) is 34.7 Å². The van der Waals surface area contributed by atoms with Crippen molar-refractivity contribution in [2.45, 2.75) is 13.8 Å². The van der Waals surface area contributed by atoms with Crippen LogP contribution in [-0.4, -0.2) is 70.0 Å². The molecule has 0 radical (unpaired) electrons. The summed E-state index contributed by atoms with van der Waals surface area (Å²) in [6.45, 7) is 12.3. The summed E-state index contributed by atoms with van der Waals surface area (Å²) in [5, 5.41) is 16.4. The molecule has 0 bridgehead atoms. The van der Waals surface area contributed by atoms with E-state index in [4.69, 9.17) is 16.7 Å². The van der Waals surface area contributed by atoms with Crippen LogP contribution < -0.4 is 15.5 Å². The van der Waals surface area contributed by atoms with Crippen LogP contribution in [-0.2, 0) is 0 Å². The summed E-state index contributed by atoms with van der Waals surface area (Å²) in [6.07, 6.45) is 5.11. The molecule has 1 saturated heterocycles. The van der Waals surface area contributed by atoms with E-state index in [1.165, 1.54) is 0 Å². The van der Waals surface area contributed by atoms with Crippen LogP contribution in [0.15, 0.2) is 78.2 Å². The molecule has 9 nitrogen and oxygen atoms in total. The fraction of sp³-hybridized carbons (Fsp3) is 0.286. The number of hydrogen-bond acceptors (Lipinski definition) is 9. The average molecular weight is 533 g/mol. The monoisotopic (exact) mass is 532 g/mol. The first-order valence-corrected chi connectivity index (χ1v) is 12.9. The highest BCUT2D eigenvalue weighted by Crippen LogP contribution is 2.30. The summed E-state index contributed by atoms with van der Waals surface area (Å²) in [4.78, 5) is 22.6. The third-order valence-electron chi connectivity index (χ3n) is 5.95. The molecule has 1 aliphatic rings. The first-order valence-electron chi connectivity index (χ1n) is 12.5. The van der Waals surface area contributed by atoms with Crippen molar-refractivity contribution < 1.29 is 5.11 Å². The topological polar surface area (TPSA) is 102 Å². The molecule has 4 rings (SSSR count). The Morgan fingerprint density at radius 3 is 2.58 bits per heavy atom. The zero-order valence-electron chi connectivity index (χ0n) is 21.7. The van der Waals surface area contributed by atoms with Crippen molar-refractivity contribution in [1.82, 2.24) is 19.9 Å². The van der Waals surface area contributed by atoms with Crippen molar-refractivity contribution in [1.29, 1.82) is 0 Å². The Hall–Kier alpha value is -3.79. The predicted molar refractivity (Wildman–Crippen MR) is 156 cm³/mol. The Balaban J connectivity index is 1.50. The van der Waals surface area contributed by atoms with Gasteiger partial charge in [0.1, 0.15) is 11.5 Å². The second-order valence-electron chi connectivity index (χ2n) is 8.97. The lowest BCUT2D eigenvalue weighted by Gasteiger charge is -2.36. The number of pyridine rings is 1. The van der Waals surface area contributed by atoms with Crippen molar-refractivity contribution in [3.8, 4) is 0 Å². The minimum atomic E-state index is 0.183. The van der Waals surface area contributed by atoms with Crippen LogP contribution in [0.2, 0.25) is 5.02 Å². The lowest BCUT2D eigenvalue weighted by atomic mass is 10.2. The van der Waals surface area contributed by atoms with Crippen molar-refractivity contribution in [3.05, 3.63) is 83.9 Å². The van der Waals surface area contributed by atoms with Crippen molar-refractivity contribution >= 4 is 46.2 Å². The second kappa shape index (κ2) is 13.1. The highest BCUT2D eigenvalue weighted by molar-refractivity contribution is 6.33. The number of aliphatic hydroxyl groups is 1. The molecular formula is C28H33ClN8O. The number of nitrogens with one attached hydrogen (secondary N) is 2. The largest absolute Gasteiger partial charge is 0.395 e. The molecule has 10 heteroatoms. The summed E-state index contributed by atoms with van der Waals surface area (Å²) in [7, 11) is 0. The van der Waals surface area contributed by atoms with E-state index < -0.39 is 0 Å². The number of benzene rings is 1. The molecule has 0 amide bonds. The molecule has 3 N–H and O–H groups in total. The van der Waals surface area contributed by atoms with Gasteiger partial charge in [0.15, 0.2) is 0 Å². The van der Waals surface area contributed by atoms with Crippen LogP contribution in [0, 0.1) is 0 Å². The maximum absolute atomic E-state index is 9.16. The number of allylic oxidation sites excluding steroid dienone is 1. The molecule has 1 aromatic carbocycles. The Labute approximate surface area is 228 Å². The van der Waals surface area contributed by atoms with E-state index >= 15 is 0 Å². The van der Waals surface area contributed by atoms with E-state index in [1.807, 2.05) is 50.2 Å². The van der Waals surface area contributed by atoms with Crippen molar-refractivity contribution in [2.24, 2.45) is 4.99 Å². The standard InChI is InChI=1S/C28H33ClN8O/c1-4-23(27(32-20(2)3)24-7-5-6-11-30-24)34-26-10-12-31-28(35-26)33-21-8-9-25(22(29)19-21)37-15-13-36(14-16-37)17-18-38/h4-12,19,38H,1,13-18H2,2-3H3,(H2,31,33,34,35)/b27-23+. The van der Waals surface area contributed by atoms with Gasteiger partial charge in [-0.3, -0.25) is 14.9 Å². The third kappa shape index (κ3) is 7.16. The Kier molecular flexibility index (Phi) is 9.42. The molecule has 38 heavy (non-hydrogen) atoms. The maximum atomic E-state index is 9.16. The lowest BCUT2D eigenvalue weighted by molar-refractivity contribution is 0.189. The summed E-state index contributed by atoms with van der Waals surface area (Å²) in [5.74, 6) is 1.01. The number of aliphatic hydroxyl groups excluding tert-OH is 1. The quantitative estimate of drug-likeness (QED) is 0.252. The van der Waals surface area contributed by atoms with Gasteiger partial charge in [0.05, 0.1) is 28.7 Å². The van der Waals surface area contributed by atoms with E-state index in [0.717, 1.165) is 49.0 Å². The van der Waals surface area contributed by atoms with E-state index in [-0.39, 0.29) is 6.61 Å². The molecule has 0 spiro atoms. The number of anilines is 4. The number of β-amino-alcohol motifs (C(OH)–C–C–N with tert-alkyl or cyclic N) is 1. The average Bonchev–Trinajstić information content (AvgIpc) is 2.92. The number of rotatable bonds is 10. The first kappa shape index (κ1) is 27.3. The molecule has 0 unspecified atom stereocenters. The molecule has 3 heterocycles. The van der Waals surface area contributed by atoms with Gasteiger partial charge in [-0.1, -0.05) is 24.2 Å². The van der Waals surface area contributed by atoms with Crippen LogP contribution in [0.25, 0.3) is 5.70 Å². The normalized spacial score (nSPS) is 14.5. The third-order valence-corrected chi connectivity index (χ3v) is 6.26. The molecule has 1 fully saturated rings. The predicted octanol–water partition coefficient (Wildman–Crippen LogP) is 4.83.